The van der Waals surface area contributed by atoms with E-state index in [4.69, 9.17) is 0 Å². The Balaban J connectivity index is 1.68. The van der Waals surface area contributed by atoms with Gasteiger partial charge in [0.25, 0.3) is 10.2 Å². The highest BCUT2D eigenvalue weighted by atomic mass is 32.2. The molecule has 140 valence electrons. The number of anilines is 1. The van der Waals surface area contributed by atoms with Crippen molar-refractivity contribution in [2.75, 3.05) is 32.0 Å². The van der Waals surface area contributed by atoms with Crippen LogP contribution < -0.4 is 5.32 Å². The van der Waals surface area contributed by atoms with Gasteiger partial charge in [0.15, 0.2) is 0 Å². The lowest BCUT2D eigenvalue weighted by molar-refractivity contribution is -0.116. The summed E-state index contributed by atoms with van der Waals surface area (Å²) in [6, 6.07) is 13.4. The lowest BCUT2D eigenvalue weighted by atomic mass is 10.1. The van der Waals surface area contributed by atoms with Gasteiger partial charge in [0, 0.05) is 31.2 Å². The van der Waals surface area contributed by atoms with Crippen LogP contribution in [0.1, 0.15) is 25.7 Å². The third-order valence-electron chi connectivity index (χ3n) is 4.72. The zero-order valence-electron chi connectivity index (χ0n) is 15.0. The molecule has 26 heavy (non-hydrogen) atoms. The predicted octanol–water partition coefficient (Wildman–Crippen LogP) is 2.83. The van der Waals surface area contributed by atoms with Gasteiger partial charge in [0.1, 0.15) is 0 Å². The first-order valence-corrected chi connectivity index (χ1v) is 10.4. The van der Waals surface area contributed by atoms with Crippen LogP contribution in [0.3, 0.4) is 0 Å². The number of rotatable bonds is 5. The van der Waals surface area contributed by atoms with E-state index in [2.05, 4.69) is 5.32 Å². The van der Waals surface area contributed by atoms with E-state index in [9.17, 15) is 13.2 Å². The Morgan fingerprint density at radius 2 is 1.69 bits per heavy atom. The van der Waals surface area contributed by atoms with E-state index in [1.54, 1.807) is 0 Å². The lowest BCUT2D eigenvalue weighted by Gasteiger charge is -2.26. The first-order valence-electron chi connectivity index (χ1n) is 8.97. The molecule has 1 saturated heterocycles. The van der Waals surface area contributed by atoms with Crippen LogP contribution >= 0.6 is 0 Å². The number of benzene rings is 2. The Kier molecular flexibility index (Phi) is 5.90. The summed E-state index contributed by atoms with van der Waals surface area (Å²) in [6.07, 6.45) is 3.85. The highest BCUT2D eigenvalue weighted by molar-refractivity contribution is 7.86. The topological polar surface area (TPSA) is 69.7 Å². The van der Waals surface area contributed by atoms with Crippen LogP contribution in [0.5, 0.6) is 0 Å². The van der Waals surface area contributed by atoms with Crippen molar-refractivity contribution in [3.05, 3.63) is 42.5 Å². The molecule has 2 aromatic rings. The quantitative estimate of drug-likeness (QED) is 0.874. The average molecular weight is 375 g/mol. The number of carbonyl (C=O) groups excluding carboxylic acids is 1. The fourth-order valence-corrected chi connectivity index (χ4v) is 4.67. The second kappa shape index (κ2) is 8.16. The Labute approximate surface area is 155 Å². The molecule has 1 aliphatic heterocycles. The first kappa shape index (κ1) is 18.8. The average Bonchev–Trinajstić information content (AvgIpc) is 2.92. The van der Waals surface area contributed by atoms with Gasteiger partial charge in [-0.3, -0.25) is 4.79 Å². The summed E-state index contributed by atoms with van der Waals surface area (Å²) < 4.78 is 28.0. The van der Waals surface area contributed by atoms with Gasteiger partial charge in [-0.05, 0) is 24.3 Å². The second-order valence-electron chi connectivity index (χ2n) is 6.65. The second-order valence-corrected chi connectivity index (χ2v) is 8.69. The largest absolute Gasteiger partial charge is 0.324 e. The molecule has 1 amide bonds. The van der Waals surface area contributed by atoms with Crippen molar-refractivity contribution in [2.45, 2.75) is 25.7 Å². The zero-order valence-corrected chi connectivity index (χ0v) is 15.8. The molecule has 2 aromatic carbocycles. The van der Waals surface area contributed by atoms with E-state index < -0.39 is 10.2 Å². The maximum Gasteiger partial charge on any atom is 0.282 e. The fraction of sp³-hybridized carbons (Fsp3) is 0.421. The molecule has 1 heterocycles. The predicted molar refractivity (Wildman–Crippen MR) is 104 cm³/mol. The van der Waals surface area contributed by atoms with Gasteiger partial charge in [0.2, 0.25) is 5.91 Å². The summed E-state index contributed by atoms with van der Waals surface area (Å²) in [5.41, 5.74) is 0.689. The van der Waals surface area contributed by atoms with E-state index in [1.807, 2.05) is 42.5 Å². The summed E-state index contributed by atoms with van der Waals surface area (Å²) >= 11 is 0. The van der Waals surface area contributed by atoms with Gasteiger partial charge in [-0.15, -0.1) is 0 Å². The Morgan fingerprint density at radius 3 is 2.42 bits per heavy atom. The summed E-state index contributed by atoms with van der Waals surface area (Å²) in [4.78, 5) is 12.4. The van der Waals surface area contributed by atoms with Gasteiger partial charge in [-0.2, -0.15) is 17.0 Å². The number of amides is 1. The van der Waals surface area contributed by atoms with Crippen molar-refractivity contribution < 1.29 is 13.2 Å². The van der Waals surface area contributed by atoms with E-state index in [0.717, 1.165) is 40.8 Å². The summed E-state index contributed by atoms with van der Waals surface area (Å²) in [7, 11) is -2.15. The number of nitrogens with one attached hydrogen (secondary N) is 1. The molecule has 0 saturated carbocycles. The molecule has 1 N–H and O–H groups in total. The number of carbonyl (C=O) groups is 1. The molecule has 0 bridgehead atoms. The van der Waals surface area contributed by atoms with Crippen molar-refractivity contribution >= 4 is 32.6 Å². The molecule has 0 atom stereocenters. The molecule has 1 fully saturated rings. The highest BCUT2D eigenvalue weighted by Crippen LogP contribution is 2.23. The third-order valence-corrected chi connectivity index (χ3v) is 6.65. The van der Waals surface area contributed by atoms with Crippen LogP contribution in [0.25, 0.3) is 10.8 Å². The molecule has 7 heteroatoms. The van der Waals surface area contributed by atoms with E-state index >= 15 is 0 Å². The minimum absolute atomic E-state index is 0.206. The smallest absolute Gasteiger partial charge is 0.282 e. The highest BCUT2D eigenvalue weighted by Gasteiger charge is 2.28. The Bertz CT molecular complexity index is 869. The summed E-state index contributed by atoms with van der Waals surface area (Å²) in [5.74, 6) is -0.345. The van der Waals surface area contributed by atoms with Crippen LogP contribution in [0.2, 0.25) is 0 Å². The van der Waals surface area contributed by atoms with Crippen molar-refractivity contribution in [3.63, 3.8) is 0 Å². The van der Waals surface area contributed by atoms with E-state index in [-0.39, 0.29) is 12.5 Å². The number of hydrogen-bond donors (Lipinski definition) is 1. The normalized spacial score (nSPS) is 16.5. The molecule has 6 nitrogen and oxygen atoms in total. The number of nitrogens with zero attached hydrogens (tertiary/aromatic N) is 2. The van der Waals surface area contributed by atoms with Gasteiger partial charge in [-0.1, -0.05) is 49.2 Å². The molecular weight excluding hydrogens is 350 g/mol. The van der Waals surface area contributed by atoms with Crippen LogP contribution in [0.4, 0.5) is 5.69 Å². The summed E-state index contributed by atoms with van der Waals surface area (Å²) in [5, 5.41) is 4.80. The number of likely N-dealkylation sites (N-methyl/N-ethyl adjacent to an activating group) is 1. The van der Waals surface area contributed by atoms with Crippen LogP contribution in [0.15, 0.2) is 42.5 Å². The molecular formula is C19H25N3O3S. The minimum Gasteiger partial charge on any atom is -0.324 e. The fourth-order valence-electron chi connectivity index (χ4n) is 3.28. The maximum atomic E-state index is 12.7. The number of fused-ring (bicyclic) bond motifs is 1. The van der Waals surface area contributed by atoms with Gasteiger partial charge >= 0.3 is 0 Å². The minimum atomic E-state index is -3.61. The van der Waals surface area contributed by atoms with Crippen molar-refractivity contribution in [2.24, 2.45) is 0 Å². The van der Waals surface area contributed by atoms with Crippen LogP contribution in [-0.2, 0) is 15.0 Å². The monoisotopic (exact) mass is 375 g/mol. The molecule has 0 unspecified atom stereocenters. The Morgan fingerprint density at radius 1 is 1.04 bits per heavy atom. The molecule has 0 aliphatic carbocycles. The SMILES string of the molecule is CN(CC(=O)Nc1cccc2ccccc12)S(=O)(=O)N1CCCCCC1. The lowest BCUT2D eigenvalue weighted by Crippen LogP contribution is -2.45. The van der Waals surface area contributed by atoms with Crippen LogP contribution in [-0.4, -0.2) is 49.6 Å². The standard InChI is InChI=1S/C19H25N3O3S/c1-21(26(24,25)22-13-6-2-3-7-14-22)15-19(23)20-18-12-8-10-16-9-4-5-11-17(16)18/h4-5,8-12H,2-3,6-7,13-15H2,1H3,(H,20,23). The van der Waals surface area contributed by atoms with Crippen molar-refractivity contribution in [3.8, 4) is 0 Å². The number of hydrogen-bond acceptors (Lipinski definition) is 3. The van der Waals surface area contributed by atoms with E-state index in [1.165, 1.54) is 11.4 Å². The van der Waals surface area contributed by atoms with Crippen molar-refractivity contribution in [1.82, 2.24) is 8.61 Å². The molecule has 0 spiro atoms. The molecule has 3 rings (SSSR count). The van der Waals surface area contributed by atoms with Gasteiger partial charge < -0.3 is 5.32 Å². The van der Waals surface area contributed by atoms with Crippen LogP contribution in [0, 0.1) is 0 Å². The third kappa shape index (κ3) is 4.23. The van der Waals surface area contributed by atoms with Gasteiger partial charge in [-0.25, -0.2) is 0 Å². The van der Waals surface area contributed by atoms with E-state index in [0.29, 0.717) is 18.8 Å². The van der Waals surface area contributed by atoms with Crippen molar-refractivity contribution in [1.29, 1.82) is 0 Å². The zero-order chi connectivity index (χ0) is 18.6. The Hall–Kier alpha value is -1.96. The molecule has 0 aromatic heterocycles. The summed E-state index contributed by atoms with van der Waals surface area (Å²) in [6.45, 7) is 0.845. The van der Waals surface area contributed by atoms with Gasteiger partial charge in [0.05, 0.1) is 6.54 Å². The molecule has 1 aliphatic rings. The first-order chi connectivity index (χ1) is 12.5. The molecule has 0 radical (unpaired) electrons. The maximum absolute atomic E-state index is 12.7.